The van der Waals surface area contributed by atoms with Gasteiger partial charge in [0.25, 0.3) is 0 Å². The molecule has 0 saturated heterocycles. The molecule has 0 radical (unpaired) electrons. The molecule has 1 aromatic rings. The summed E-state index contributed by atoms with van der Waals surface area (Å²) in [6.45, 7) is 10.1. The quantitative estimate of drug-likeness (QED) is 0.492. The zero-order valence-electron chi connectivity index (χ0n) is 15.0. The molecule has 0 aromatic heterocycles. The summed E-state index contributed by atoms with van der Waals surface area (Å²) in [6, 6.07) is 10.1. The van der Waals surface area contributed by atoms with Crippen LogP contribution in [0.1, 0.15) is 52.0 Å². The van der Waals surface area contributed by atoms with E-state index in [9.17, 15) is 4.79 Å². The van der Waals surface area contributed by atoms with E-state index in [2.05, 4.69) is 31.0 Å². The number of hydrogen-bond donors (Lipinski definition) is 1. The van der Waals surface area contributed by atoms with Gasteiger partial charge in [-0.25, -0.2) is 0 Å². The van der Waals surface area contributed by atoms with Gasteiger partial charge in [0.15, 0.2) is 0 Å². The smallest absolute Gasteiger partial charge is 0.247 e. The van der Waals surface area contributed by atoms with E-state index in [-0.39, 0.29) is 5.91 Å². The third-order valence-electron chi connectivity index (χ3n) is 4.09. The number of benzene rings is 1. The molecule has 0 fully saturated rings. The molecule has 1 N–H and O–H groups in total. The number of likely N-dealkylation sites (N-methyl/N-ethyl adjacent to an activating group) is 1. The summed E-state index contributed by atoms with van der Waals surface area (Å²) in [5, 5.41) is 3.08. The maximum atomic E-state index is 12.5. The van der Waals surface area contributed by atoms with E-state index in [0.29, 0.717) is 6.54 Å². The standard InChI is InChI=1S/C20H32N2O/c1-4-7-9-14-19(17-18-12-10-8-11-13-18)20(23)21-15-16-22(5-2)6-3/h8,10-13,17H,4-7,9,14-16H2,1-3H3,(H,21,23)/b19-17+. The number of rotatable bonds is 11. The Morgan fingerprint density at radius 1 is 1.09 bits per heavy atom. The van der Waals surface area contributed by atoms with Crippen molar-refractivity contribution in [2.45, 2.75) is 46.5 Å². The Morgan fingerprint density at radius 2 is 1.78 bits per heavy atom. The van der Waals surface area contributed by atoms with Gasteiger partial charge in [-0.15, -0.1) is 0 Å². The summed E-state index contributed by atoms with van der Waals surface area (Å²) in [5.74, 6) is 0.0807. The van der Waals surface area contributed by atoms with Crippen LogP contribution >= 0.6 is 0 Å². The highest BCUT2D eigenvalue weighted by Gasteiger charge is 2.09. The number of nitrogens with one attached hydrogen (secondary N) is 1. The molecule has 3 heteroatoms. The van der Waals surface area contributed by atoms with Crippen LogP contribution in [0.25, 0.3) is 6.08 Å². The van der Waals surface area contributed by atoms with Gasteiger partial charge in [0.2, 0.25) is 5.91 Å². The van der Waals surface area contributed by atoms with Crippen LogP contribution in [0, 0.1) is 0 Å². The molecule has 0 saturated carbocycles. The predicted octanol–water partition coefficient (Wildman–Crippen LogP) is 4.11. The SMILES string of the molecule is CCCCC/C(=C\c1ccccc1)C(=O)NCCN(CC)CC. The molecule has 23 heavy (non-hydrogen) atoms. The maximum Gasteiger partial charge on any atom is 0.247 e. The van der Waals surface area contributed by atoms with Crippen molar-refractivity contribution in [2.75, 3.05) is 26.2 Å². The Bertz CT molecular complexity index is 464. The first-order valence-electron chi connectivity index (χ1n) is 8.97. The lowest BCUT2D eigenvalue weighted by atomic mass is 10.0. The molecule has 128 valence electrons. The van der Waals surface area contributed by atoms with Gasteiger partial charge >= 0.3 is 0 Å². The molecular formula is C20H32N2O. The van der Waals surface area contributed by atoms with Crippen LogP contribution < -0.4 is 5.32 Å². The zero-order valence-corrected chi connectivity index (χ0v) is 15.0. The fraction of sp³-hybridized carbons (Fsp3) is 0.550. The lowest BCUT2D eigenvalue weighted by Crippen LogP contribution is -2.35. The third kappa shape index (κ3) is 7.98. The second kappa shape index (κ2) is 11.9. The van der Waals surface area contributed by atoms with Crippen molar-refractivity contribution in [1.82, 2.24) is 10.2 Å². The summed E-state index contributed by atoms with van der Waals surface area (Å²) in [6.07, 6.45) is 6.28. The summed E-state index contributed by atoms with van der Waals surface area (Å²) in [7, 11) is 0. The largest absolute Gasteiger partial charge is 0.351 e. The number of carbonyl (C=O) groups is 1. The van der Waals surface area contributed by atoms with Crippen LogP contribution in [-0.4, -0.2) is 37.0 Å². The minimum Gasteiger partial charge on any atom is -0.351 e. The van der Waals surface area contributed by atoms with E-state index >= 15 is 0 Å². The van der Waals surface area contributed by atoms with Gasteiger partial charge in [0.1, 0.15) is 0 Å². The Hall–Kier alpha value is -1.61. The van der Waals surface area contributed by atoms with Gasteiger partial charge in [0, 0.05) is 18.7 Å². The van der Waals surface area contributed by atoms with Crippen LogP contribution in [0.5, 0.6) is 0 Å². The molecule has 0 unspecified atom stereocenters. The first kappa shape index (κ1) is 19.4. The van der Waals surface area contributed by atoms with Gasteiger partial charge < -0.3 is 10.2 Å². The van der Waals surface area contributed by atoms with E-state index in [1.165, 1.54) is 12.8 Å². The second-order valence-electron chi connectivity index (χ2n) is 5.82. The topological polar surface area (TPSA) is 32.3 Å². The molecule has 0 atom stereocenters. The van der Waals surface area contributed by atoms with Crippen LogP contribution in [0.3, 0.4) is 0 Å². The van der Waals surface area contributed by atoms with E-state index in [1.54, 1.807) is 0 Å². The summed E-state index contributed by atoms with van der Waals surface area (Å²) in [5.41, 5.74) is 1.99. The van der Waals surface area contributed by atoms with E-state index in [4.69, 9.17) is 0 Å². The molecule has 0 aliphatic rings. The highest BCUT2D eigenvalue weighted by molar-refractivity contribution is 5.97. The highest BCUT2D eigenvalue weighted by atomic mass is 16.1. The van der Waals surface area contributed by atoms with Crippen LogP contribution in [0.15, 0.2) is 35.9 Å². The minimum atomic E-state index is 0.0807. The fourth-order valence-corrected chi connectivity index (χ4v) is 2.55. The number of nitrogens with zero attached hydrogens (tertiary/aromatic N) is 1. The molecule has 0 spiro atoms. The van der Waals surface area contributed by atoms with E-state index < -0.39 is 0 Å². The predicted molar refractivity (Wildman–Crippen MR) is 99.4 cm³/mol. The highest BCUT2D eigenvalue weighted by Crippen LogP contribution is 2.14. The average molecular weight is 316 g/mol. The lowest BCUT2D eigenvalue weighted by molar-refractivity contribution is -0.117. The molecule has 1 aromatic carbocycles. The summed E-state index contributed by atoms with van der Waals surface area (Å²) in [4.78, 5) is 14.8. The van der Waals surface area contributed by atoms with Crippen molar-refractivity contribution < 1.29 is 4.79 Å². The van der Waals surface area contributed by atoms with Gasteiger partial charge in [-0.3, -0.25) is 4.79 Å². The van der Waals surface area contributed by atoms with Crippen molar-refractivity contribution in [2.24, 2.45) is 0 Å². The molecule has 0 aliphatic heterocycles. The molecule has 1 rings (SSSR count). The minimum absolute atomic E-state index is 0.0807. The maximum absolute atomic E-state index is 12.5. The van der Waals surface area contributed by atoms with Crippen LogP contribution in [0.4, 0.5) is 0 Å². The Morgan fingerprint density at radius 3 is 2.39 bits per heavy atom. The van der Waals surface area contributed by atoms with Gasteiger partial charge in [-0.1, -0.05) is 63.9 Å². The van der Waals surface area contributed by atoms with E-state index in [0.717, 1.165) is 43.6 Å². The van der Waals surface area contributed by atoms with E-state index in [1.807, 2.05) is 36.4 Å². The summed E-state index contributed by atoms with van der Waals surface area (Å²) < 4.78 is 0. The normalized spacial score (nSPS) is 11.7. The third-order valence-corrected chi connectivity index (χ3v) is 4.09. The van der Waals surface area contributed by atoms with Crippen LogP contribution in [0.2, 0.25) is 0 Å². The van der Waals surface area contributed by atoms with Gasteiger partial charge in [0.05, 0.1) is 0 Å². The monoisotopic (exact) mass is 316 g/mol. The van der Waals surface area contributed by atoms with Crippen molar-refractivity contribution in [3.05, 3.63) is 41.5 Å². The lowest BCUT2D eigenvalue weighted by Gasteiger charge is -2.18. The Kier molecular flexibility index (Phi) is 10.0. The Balaban J connectivity index is 2.63. The van der Waals surface area contributed by atoms with Gasteiger partial charge in [-0.2, -0.15) is 0 Å². The van der Waals surface area contributed by atoms with Crippen molar-refractivity contribution in [1.29, 1.82) is 0 Å². The first-order chi connectivity index (χ1) is 11.2. The number of carbonyl (C=O) groups excluding carboxylic acids is 1. The zero-order chi connectivity index (χ0) is 16.9. The molecule has 0 aliphatic carbocycles. The molecule has 0 bridgehead atoms. The fourth-order valence-electron chi connectivity index (χ4n) is 2.55. The van der Waals surface area contributed by atoms with Crippen molar-refractivity contribution in [3.8, 4) is 0 Å². The van der Waals surface area contributed by atoms with Crippen molar-refractivity contribution >= 4 is 12.0 Å². The molecule has 0 heterocycles. The molecular weight excluding hydrogens is 284 g/mol. The number of amides is 1. The van der Waals surface area contributed by atoms with Gasteiger partial charge in [-0.05, 0) is 37.6 Å². The number of unbranched alkanes of at least 4 members (excludes halogenated alkanes) is 2. The van der Waals surface area contributed by atoms with Crippen LogP contribution in [-0.2, 0) is 4.79 Å². The second-order valence-corrected chi connectivity index (χ2v) is 5.82. The molecule has 1 amide bonds. The molecule has 3 nitrogen and oxygen atoms in total. The average Bonchev–Trinajstić information content (AvgIpc) is 2.59. The summed E-state index contributed by atoms with van der Waals surface area (Å²) >= 11 is 0. The Labute approximate surface area is 141 Å². The number of hydrogen-bond acceptors (Lipinski definition) is 2. The first-order valence-corrected chi connectivity index (χ1v) is 8.97. The van der Waals surface area contributed by atoms with Crippen molar-refractivity contribution in [3.63, 3.8) is 0 Å².